The zero-order chi connectivity index (χ0) is 11.8. The van der Waals surface area contributed by atoms with Crippen LogP contribution in [0.3, 0.4) is 0 Å². The third-order valence-corrected chi connectivity index (χ3v) is 3.87. The fourth-order valence-corrected chi connectivity index (χ4v) is 2.92. The maximum absolute atomic E-state index is 8.89. The Morgan fingerprint density at radius 3 is 2.75 bits per heavy atom. The smallest absolute Gasteiger partial charge is 0.0445 e. The lowest BCUT2D eigenvalue weighted by Crippen LogP contribution is -2.36. The van der Waals surface area contributed by atoms with Crippen LogP contribution >= 0.6 is 0 Å². The predicted molar refractivity (Wildman–Crippen MR) is 69.6 cm³/mol. The molecular formula is C14H29NO. The van der Waals surface area contributed by atoms with E-state index in [1.54, 1.807) is 0 Å². The second-order valence-corrected chi connectivity index (χ2v) is 5.44. The van der Waals surface area contributed by atoms with Crippen LogP contribution in [0.25, 0.3) is 0 Å². The molecule has 0 aromatic rings. The van der Waals surface area contributed by atoms with Gasteiger partial charge >= 0.3 is 0 Å². The average molecular weight is 227 g/mol. The van der Waals surface area contributed by atoms with Crippen LogP contribution in [-0.4, -0.2) is 23.8 Å². The molecule has 0 saturated heterocycles. The van der Waals surface area contributed by atoms with Gasteiger partial charge in [0, 0.05) is 18.7 Å². The topological polar surface area (TPSA) is 32.3 Å². The van der Waals surface area contributed by atoms with Crippen LogP contribution in [-0.2, 0) is 0 Å². The molecule has 3 unspecified atom stereocenters. The number of aliphatic hydroxyl groups is 1. The van der Waals surface area contributed by atoms with Crippen molar-refractivity contribution in [1.29, 1.82) is 0 Å². The Hall–Kier alpha value is -0.0800. The molecule has 0 spiro atoms. The molecule has 1 fully saturated rings. The van der Waals surface area contributed by atoms with Gasteiger partial charge in [-0.3, -0.25) is 0 Å². The first-order chi connectivity index (χ1) is 7.76. The molecule has 3 atom stereocenters. The molecule has 1 saturated carbocycles. The summed E-state index contributed by atoms with van der Waals surface area (Å²) in [7, 11) is 0. The zero-order valence-electron chi connectivity index (χ0n) is 11.0. The van der Waals surface area contributed by atoms with Crippen LogP contribution < -0.4 is 5.32 Å². The first-order valence-corrected chi connectivity index (χ1v) is 7.13. The Labute approximate surface area is 101 Å². The van der Waals surface area contributed by atoms with Crippen LogP contribution in [0, 0.1) is 5.92 Å². The highest BCUT2D eigenvalue weighted by Gasteiger charge is 2.19. The van der Waals surface area contributed by atoms with Gasteiger partial charge in [-0.15, -0.1) is 0 Å². The molecule has 0 amide bonds. The highest BCUT2D eigenvalue weighted by Crippen LogP contribution is 2.26. The third kappa shape index (κ3) is 5.31. The molecule has 0 bridgehead atoms. The van der Waals surface area contributed by atoms with E-state index in [1.165, 1.54) is 44.9 Å². The van der Waals surface area contributed by atoms with Gasteiger partial charge in [0.15, 0.2) is 0 Å². The summed E-state index contributed by atoms with van der Waals surface area (Å²) in [5, 5.41) is 12.6. The number of aliphatic hydroxyl groups excluding tert-OH is 1. The summed E-state index contributed by atoms with van der Waals surface area (Å²) < 4.78 is 0. The molecule has 2 N–H and O–H groups in total. The first-order valence-electron chi connectivity index (χ1n) is 7.13. The second-order valence-electron chi connectivity index (χ2n) is 5.44. The summed E-state index contributed by atoms with van der Waals surface area (Å²) in [6.07, 6.45) is 10.5. The Bertz CT molecular complexity index is 172. The van der Waals surface area contributed by atoms with Gasteiger partial charge in [0.2, 0.25) is 0 Å². The lowest BCUT2D eigenvalue weighted by atomic mass is 9.95. The molecule has 0 aromatic carbocycles. The minimum absolute atomic E-state index is 0.305. The molecule has 16 heavy (non-hydrogen) atoms. The van der Waals surface area contributed by atoms with E-state index in [0.717, 1.165) is 12.3 Å². The van der Waals surface area contributed by atoms with Gasteiger partial charge in [-0.1, -0.05) is 32.6 Å². The molecule has 2 nitrogen and oxygen atoms in total. The van der Waals surface area contributed by atoms with Crippen molar-refractivity contribution in [2.45, 2.75) is 77.3 Å². The highest BCUT2D eigenvalue weighted by molar-refractivity contribution is 4.77. The van der Waals surface area contributed by atoms with Gasteiger partial charge < -0.3 is 10.4 Å². The fraction of sp³-hybridized carbons (Fsp3) is 1.00. The largest absolute Gasteiger partial charge is 0.396 e. The van der Waals surface area contributed by atoms with E-state index in [1.807, 2.05) is 0 Å². The Balaban J connectivity index is 2.24. The molecule has 0 radical (unpaired) electrons. The normalized spacial score (nSPS) is 28.7. The van der Waals surface area contributed by atoms with Crippen LogP contribution in [0.4, 0.5) is 0 Å². The molecular weight excluding hydrogens is 198 g/mol. The zero-order valence-corrected chi connectivity index (χ0v) is 11.0. The van der Waals surface area contributed by atoms with Crippen molar-refractivity contribution in [2.24, 2.45) is 5.92 Å². The van der Waals surface area contributed by atoms with Crippen molar-refractivity contribution < 1.29 is 5.11 Å². The first kappa shape index (κ1) is 14.0. The summed E-state index contributed by atoms with van der Waals surface area (Å²) >= 11 is 0. The minimum atomic E-state index is 0.305. The van der Waals surface area contributed by atoms with E-state index in [9.17, 15) is 0 Å². The lowest BCUT2D eigenvalue weighted by molar-refractivity contribution is 0.259. The summed E-state index contributed by atoms with van der Waals surface area (Å²) in [5.41, 5.74) is 0. The minimum Gasteiger partial charge on any atom is -0.396 e. The Kier molecular flexibility index (Phi) is 7.06. The Morgan fingerprint density at radius 1 is 1.25 bits per heavy atom. The van der Waals surface area contributed by atoms with Crippen molar-refractivity contribution in [2.75, 3.05) is 6.61 Å². The molecule has 1 rings (SSSR count). The van der Waals surface area contributed by atoms with Crippen LogP contribution in [0.1, 0.15) is 65.2 Å². The average Bonchev–Trinajstić information content (AvgIpc) is 2.45. The van der Waals surface area contributed by atoms with E-state index in [4.69, 9.17) is 5.11 Å². The van der Waals surface area contributed by atoms with Crippen molar-refractivity contribution in [3.05, 3.63) is 0 Å². The van der Waals surface area contributed by atoms with Gasteiger partial charge in [-0.05, 0) is 38.5 Å². The molecule has 0 heterocycles. The highest BCUT2D eigenvalue weighted by atomic mass is 16.3. The maximum Gasteiger partial charge on any atom is 0.0445 e. The summed E-state index contributed by atoms with van der Waals surface area (Å²) in [6.45, 7) is 4.79. The van der Waals surface area contributed by atoms with Gasteiger partial charge in [0.1, 0.15) is 0 Å². The van der Waals surface area contributed by atoms with E-state index in [0.29, 0.717) is 18.7 Å². The van der Waals surface area contributed by atoms with Crippen LogP contribution in [0.15, 0.2) is 0 Å². The van der Waals surface area contributed by atoms with E-state index in [-0.39, 0.29) is 0 Å². The standard InChI is InChI=1S/C14H29NO/c1-3-5-13-6-4-7-14(9-8-13)15-12(2)10-11-16/h12-16H,3-11H2,1-2H3. The van der Waals surface area contributed by atoms with E-state index < -0.39 is 0 Å². The number of rotatable bonds is 6. The van der Waals surface area contributed by atoms with Crippen molar-refractivity contribution in [1.82, 2.24) is 5.32 Å². The van der Waals surface area contributed by atoms with E-state index >= 15 is 0 Å². The van der Waals surface area contributed by atoms with E-state index in [2.05, 4.69) is 19.2 Å². The van der Waals surface area contributed by atoms with Crippen LogP contribution in [0.5, 0.6) is 0 Å². The Morgan fingerprint density at radius 2 is 2.06 bits per heavy atom. The van der Waals surface area contributed by atoms with Gasteiger partial charge in [-0.2, -0.15) is 0 Å². The molecule has 96 valence electrons. The lowest BCUT2D eigenvalue weighted by Gasteiger charge is -2.21. The summed E-state index contributed by atoms with van der Waals surface area (Å²) in [4.78, 5) is 0. The maximum atomic E-state index is 8.89. The number of hydrogen-bond donors (Lipinski definition) is 2. The van der Waals surface area contributed by atoms with Gasteiger partial charge in [-0.25, -0.2) is 0 Å². The third-order valence-electron chi connectivity index (χ3n) is 3.87. The fourth-order valence-electron chi connectivity index (χ4n) is 2.92. The van der Waals surface area contributed by atoms with Gasteiger partial charge in [0.05, 0.1) is 0 Å². The molecule has 1 aliphatic carbocycles. The van der Waals surface area contributed by atoms with Crippen molar-refractivity contribution >= 4 is 0 Å². The van der Waals surface area contributed by atoms with Crippen molar-refractivity contribution in [3.8, 4) is 0 Å². The SMILES string of the molecule is CCCC1CCCC(NC(C)CCO)CC1. The van der Waals surface area contributed by atoms with Gasteiger partial charge in [0.25, 0.3) is 0 Å². The predicted octanol–water partition coefficient (Wildman–Crippen LogP) is 3.10. The quantitative estimate of drug-likeness (QED) is 0.683. The summed E-state index contributed by atoms with van der Waals surface area (Å²) in [5.74, 6) is 0.977. The molecule has 0 aliphatic heterocycles. The number of hydrogen-bond acceptors (Lipinski definition) is 2. The molecule has 2 heteroatoms. The summed E-state index contributed by atoms with van der Waals surface area (Å²) in [6, 6.07) is 1.17. The molecule has 0 aromatic heterocycles. The molecule has 1 aliphatic rings. The number of nitrogens with one attached hydrogen (secondary N) is 1. The second kappa shape index (κ2) is 8.08. The van der Waals surface area contributed by atoms with Crippen LogP contribution in [0.2, 0.25) is 0 Å². The monoisotopic (exact) mass is 227 g/mol. The van der Waals surface area contributed by atoms with Crippen molar-refractivity contribution in [3.63, 3.8) is 0 Å².